The highest BCUT2D eigenvalue weighted by molar-refractivity contribution is 6.31. The van der Waals surface area contributed by atoms with E-state index in [1.54, 1.807) is 30.3 Å². The van der Waals surface area contributed by atoms with Gasteiger partial charge in [0.15, 0.2) is 5.76 Å². The molecule has 0 radical (unpaired) electrons. The number of ether oxygens (including phenoxy) is 3. The summed E-state index contributed by atoms with van der Waals surface area (Å²) < 4.78 is 30.1. The molecule has 0 saturated carbocycles. The summed E-state index contributed by atoms with van der Waals surface area (Å²) in [5.41, 5.74) is 1.96. The molecule has 152 valence electrons. The van der Waals surface area contributed by atoms with Gasteiger partial charge in [-0.15, -0.1) is 0 Å². The van der Waals surface area contributed by atoms with Crippen molar-refractivity contribution in [2.75, 3.05) is 6.61 Å². The second-order valence-electron chi connectivity index (χ2n) is 6.62. The first-order valence-corrected chi connectivity index (χ1v) is 9.79. The van der Waals surface area contributed by atoms with Crippen LogP contribution in [0.1, 0.15) is 28.4 Å². The van der Waals surface area contributed by atoms with Crippen molar-refractivity contribution in [3.05, 3.63) is 94.0 Å². The van der Waals surface area contributed by atoms with Gasteiger partial charge >= 0.3 is 0 Å². The van der Waals surface area contributed by atoms with Crippen molar-refractivity contribution in [3.8, 4) is 17.2 Å². The van der Waals surface area contributed by atoms with Crippen molar-refractivity contribution < 1.29 is 23.4 Å². The van der Waals surface area contributed by atoms with Crippen molar-refractivity contribution in [2.24, 2.45) is 0 Å². The lowest BCUT2D eigenvalue weighted by Gasteiger charge is -2.08. The number of halogens is 2. The van der Waals surface area contributed by atoms with E-state index in [9.17, 15) is 9.18 Å². The summed E-state index contributed by atoms with van der Waals surface area (Å²) in [5.74, 6) is 1.37. The SMILES string of the molecule is CCOc1ccc(/C=C2\Oc3cc(OCc4ccc(F)cc4Cl)ccc3C2=O)cc1. The van der Waals surface area contributed by atoms with E-state index in [4.69, 9.17) is 25.8 Å². The molecule has 1 heterocycles. The lowest BCUT2D eigenvalue weighted by Crippen LogP contribution is -1.98. The van der Waals surface area contributed by atoms with Crippen LogP contribution in [-0.4, -0.2) is 12.4 Å². The van der Waals surface area contributed by atoms with Gasteiger partial charge in [-0.25, -0.2) is 4.39 Å². The number of ketones is 1. The molecule has 0 aliphatic carbocycles. The molecule has 0 spiro atoms. The Bertz CT molecular complexity index is 1120. The summed E-state index contributed by atoms with van der Waals surface area (Å²) in [6.45, 7) is 2.68. The zero-order valence-corrected chi connectivity index (χ0v) is 16.9. The van der Waals surface area contributed by atoms with Gasteiger partial charge in [0.2, 0.25) is 5.78 Å². The van der Waals surface area contributed by atoms with E-state index in [1.165, 1.54) is 12.1 Å². The third-order valence-electron chi connectivity index (χ3n) is 4.54. The number of fused-ring (bicyclic) bond motifs is 1. The molecule has 3 aromatic rings. The number of allylic oxidation sites excluding steroid dienone is 1. The first-order valence-electron chi connectivity index (χ1n) is 9.41. The summed E-state index contributed by atoms with van der Waals surface area (Å²) in [5, 5.41) is 0.295. The van der Waals surface area contributed by atoms with E-state index < -0.39 is 5.82 Å². The first-order chi connectivity index (χ1) is 14.5. The summed E-state index contributed by atoms with van der Waals surface area (Å²) in [7, 11) is 0. The Hall–Kier alpha value is -3.31. The van der Waals surface area contributed by atoms with Crippen LogP contribution < -0.4 is 14.2 Å². The normalized spacial score (nSPS) is 13.8. The van der Waals surface area contributed by atoms with Crippen molar-refractivity contribution in [2.45, 2.75) is 13.5 Å². The van der Waals surface area contributed by atoms with Crippen LogP contribution in [0.25, 0.3) is 6.08 Å². The van der Waals surface area contributed by atoms with Gasteiger partial charge in [0.1, 0.15) is 29.7 Å². The lowest BCUT2D eigenvalue weighted by molar-refractivity contribution is 0.101. The molecule has 0 bridgehead atoms. The molecular weight excluding hydrogens is 407 g/mol. The van der Waals surface area contributed by atoms with Gasteiger partial charge in [-0.05, 0) is 55.0 Å². The Morgan fingerprint density at radius 1 is 1.00 bits per heavy atom. The van der Waals surface area contributed by atoms with Crippen molar-refractivity contribution in [3.63, 3.8) is 0 Å². The van der Waals surface area contributed by atoms with Crippen molar-refractivity contribution in [1.82, 2.24) is 0 Å². The smallest absolute Gasteiger partial charge is 0.231 e. The Labute approximate surface area is 178 Å². The third-order valence-corrected chi connectivity index (χ3v) is 4.89. The number of hydrogen-bond acceptors (Lipinski definition) is 4. The van der Waals surface area contributed by atoms with Gasteiger partial charge in [-0.2, -0.15) is 0 Å². The van der Waals surface area contributed by atoms with E-state index in [2.05, 4.69) is 0 Å². The topological polar surface area (TPSA) is 44.8 Å². The van der Waals surface area contributed by atoms with Crippen molar-refractivity contribution in [1.29, 1.82) is 0 Å². The highest BCUT2D eigenvalue weighted by Crippen LogP contribution is 2.35. The number of carbonyl (C=O) groups is 1. The zero-order chi connectivity index (χ0) is 21.1. The maximum Gasteiger partial charge on any atom is 0.231 e. The molecule has 0 saturated heterocycles. The second-order valence-corrected chi connectivity index (χ2v) is 7.03. The fourth-order valence-electron chi connectivity index (χ4n) is 3.04. The van der Waals surface area contributed by atoms with E-state index in [-0.39, 0.29) is 18.1 Å². The number of benzene rings is 3. The molecule has 0 N–H and O–H groups in total. The fraction of sp³-hybridized carbons (Fsp3) is 0.125. The van der Waals surface area contributed by atoms with Gasteiger partial charge in [0.05, 0.1) is 17.2 Å². The highest BCUT2D eigenvalue weighted by Gasteiger charge is 2.27. The highest BCUT2D eigenvalue weighted by atomic mass is 35.5. The maximum absolute atomic E-state index is 13.2. The third kappa shape index (κ3) is 4.31. The van der Waals surface area contributed by atoms with Crippen LogP contribution >= 0.6 is 11.6 Å². The Morgan fingerprint density at radius 2 is 1.77 bits per heavy atom. The molecule has 6 heteroatoms. The average Bonchev–Trinajstić information content (AvgIpc) is 3.04. The molecule has 0 fully saturated rings. The van der Waals surface area contributed by atoms with E-state index >= 15 is 0 Å². The Kier molecular flexibility index (Phi) is 5.72. The predicted octanol–water partition coefficient (Wildman–Crippen LogP) is 6.07. The van der Waals surface area contributed by atoms with E-state index in [0.29, 0.717) is 34.3 Å². The summed E-state index contributed by atoms with van der Waals surface area (Å²) in [6, 6.07) is 16.6. The molecule has 0 aromatic heterocycles. The molecule has 30 heavy (non-hydrogen) atoms. The number of carbonyl (C=O) groups excluding carboxylic acids is 1. The Morgan fingerprint density at radius 3 is 2.50 bits per heavy atom. The predicted molar refractivity (Wildman–Crippen MR) is 113 cm³/mol. The molecule has 1 aliphatic rings. The second kappa shape index (κ2) is 8.59. The molecule has 0 atom stereocenters. The van der Waals surface area contributed by atoms with Crippen LogP contribution in [0.2, 0.25) is 5.02 Å². The van der Waals surface area contributed by atoms with Crippen LogP contribution in [0.3, 0.4) is 0 Å². The summed E-state index contributed by atoms with van der Waals surface area (Å²) >= 11 is 6.03. The largest absolute Gasteiger partial charge is 0.494 e. The summed E-state index contributed by atoms with van der Waals surface area (Å²) in [4.78, 5) is 12.6. The number of rotatable bonds is 6. The molecule has 3 aromatic carbocycles. The van der Waals surface area contributed by atoms with Crippen molar-refractivity contribution >= 4 is 23.5 Å². The maximum atomic E-state index is 13.2. The Balaban J connectivity index is 1.48. The fourth-order valence-corrected chi connectivity index (χ4v) is 3.26. The molecule has 4 rings (SSSR count). The molecule has 0 amide bonds. The average molecular weight is 425 g/mol. The van der Waals surface area contributed by atoms with Crippen LogP contribution in [0.5, 0.6) is 17.2 Å². The number of Topliss-reactive ketones (excluding diaryl/α,β-unsaturated/α-hetero) is 1. The summed E-state index contributed by atoms with van der Waals surface area (Å²) in [6.07, 6.45) is 1.69. The van der Waals surface area contributed by atoms with Crippen LogP contribution in [0.15, 0.2) is 66.4 Å². The van der Waals surface area contributed by atoms with Gasteiger partial charge < -0.3 is 14.2 Å². The minimum atomic E-state index is -0.403. The van der Waals surface area contributed by atoms with Gasteiger partial charge in [-0.3, -0.25) is 4.79 Å². The van der Waals surface area contributed by atoms with Crippen LogP contribution in [0, 0.1) is 5.82 Å². The number of hydrogen-bond donors (Lipinski definition) is 0. The van der Waals surface area contributed by atoms with E-state index in [0.717, 1.165) is 11.3 Å². The molecule has 1 aliphatic heterocycles. The van der Waals surface area contributed by atoms with Crippen LogP contribution in [-0.2, 0) is 6.61 Å². The monoisotopic (exact) mass is 424 g/mol. The molecule has 0 unspecified atom stereocenters. The molecular formula is C24H18ClFO4. The van der Waals surface area contributed by atoms with Crippen LogP contribution in [0.4, 0.5) is 4.39 Å². The zero-order valence-electron chi connectivity index (χ0n) is 16.2. The van der Waals surface area contributed by atoms with Gasteiger partial charge in [-0.1, -0.05) is 29.8 Å². The van der Waals surface area contributed by atoms with Gasteiger partial charge in [0.25, 0.3) is 0 Å². The minimum absolute atomic E-state index is 0.167. The molecule has 4 nitrogen and oxygen atoms in total. The van der Waals surface area contributed by atoms with Gasteiger partial charge in [0, 0.05) is 11.6 Å². The van der Waals surface area contributed by atoms with E-state index in [1.807, 2.05) is 31.2 Å². The standard InChI is InChI=1S/C24H18ClFO4/c1-2-28-18-7-3-15(4-8-18)11-23-24(27)20-10-9-19(13-22(20)30-23)29-14-16-5-6-17(26)12-21(16)25/h3-13H,2,14H2,1H3/b23-11-. The minimum Gasteiger partial charge on any atom is -0.494 e. The first kappa shape index (κ1) is 20.0. The lowest BCUT2D eigenvalue weighted by atomic mass is 10.1. The quantitative estimate of drug-likeness (QED) is 0.450.